The summed E-state index contributed by atoms with van der Waals surface area (Å²) in [6.45, 7) is 9.61. The van der Waals surface area contributed by atoms with E-state index in [2.05, 4.69) is 51.0 Å². The minimum absolute atomic E-state index is 0.415. The molecule has 206 valence electrons. The van der Waals surface area contributed by atoms with Gasteiger partial charge >= 0.3 is 0 Å². The zero-order valence-corrected chi connectivity index (χ0v) is 23.5. The van der Waals surface area contributed by atoms with E-state index in [1.54, 1.807) is 0 Å². The van der Waals surface area contributed by atoms with Crippen LogP contribution in [0.25, 0.3) is 11.0 Å². The van der Waals surface area contributed by atoms with Crippen molar-refractivity contribution >= 4 is 21.9 Å². The first-order valence-corrected chi connectivity index (χ1v) is 15.7. The average molecular weight is 531 g/mol. The van der Waals surface area contributed by atoms with Crippen molar-refractivity contribution in [1.82, 2.24) is 30.0 Å². The first kappa shape index (κ1) is 27.1. The second kappa shape index (κ2) is 12.6. The molecule has 4 heterocycles. The lowest BCUT2D eigenvalue weighted by molar-refractivity contribution is 0.156. The van der Waals surface area contributed by atoms with E-state index in [1.807, 2.05) is 6.20 Å². The zero-order valence-electron chi connectivity index (χ0n) is 22.6. The van der Waals surface area contributed by atoms with Gasteiger partial charge in [-0.3, -0.25) is 4.90 Å². The Bertz CT molecular complexity index is 1090. The van der Waals surface area contributed by atoms with E-state index in [4.69, 9.17) is 4.98 Å². The van der Waals surface area contributed by atoms with Crippen molar-refractivity contribution in [1.29, 1.82) is 0 Å². The van der Waals surface area contributed by atoms with Gasteiger partial charge in [0.05, 0.1) is 0 Å². The lowest BCUT2D eigenvalue weighted by Gasteiger charge is -2.40. The van der Waals surface area contributed by atoms with Crippen LogP contribution in [0.1, 0.15) is 82.5 Å². The normalized spacial score (nSPS) is 27.6. The maximum Gasteiger partial charge on any atom is 0.214 e. The summed E-state index contributed by atoms with van der Waals surface area (Å²) in [5, 5.41) is 5.16. The molecule has 2 saturated heterocycles. The Kier molecular flexibility index (Phi) is 9.18. The number of hydrogen-bond acceptors (Lipinski definition) is 6. The van der Waals surface area contributed by atoms with Crippen LogP contribution >= 0.6 is 0 Å². The highest BCUT2D eigenvalue weighted by Gasteiger charge is 2.34. The number of thiol groups is 1. The van der Waals surface area contributed by atoms with Gasteiger partial charge in [0.1, 0.15) is 5.65 Å². The molecule has 1 aliphatic carbocycles. The summed E-state index contributed by atoms with van der Waals surface area (Å²) < 4.78 is 24.6. The average Bonchev–Trinajstić information content (AvgIpc) is 3.53. The molecule has 3 aliphatic rings. The molecule has 0 spiro atoms. The lowest BCUT2D eigenvalue weighted by Crippen LogP contribution is -2.45. The largest absolute Gasteiger partial charge is 0.326 e. The fourth-order valence-electron chi connectivity index (χ4n) is 7.30. The number of likely N-dealkylation sites (tertiary alicyclic amines) is 1. The number of aromatic nitrogens is 2. The number of fused-ring (bicyclic) bond motifs is 1. The van der Waals surface area contributed by atoms with E-state index in [1.165, 1.54) is 55.2 Å². The second-order valence-corrected chi connectivity index (χ2v) is 12.6. The molecular formula is C28H46N6O2S. The number of hydrazine groups is 1. The molecule has 0 aromatic carbocycles. The Morgan fingerprint density at radius 2 is 1.92 bits per heavy atom. The molecule has 9 heteroatoms. The molecule has 3 fully saturated rings. The van der Waals surface area contributed by atoms with E-state index in [9.17, 15) is 8.42 Å². The Morgan fingerprint density at radius 3 is 2.65 bits per heavy atom. The van der Waals surface area contributed by atoms with Crippen molar-refractivity contribution in [2.45, 2.75) is 90.3 Å². The first-order chi connectivity index (χ1) is 18.0. The van der Waals surface area contributed by atoms with Crippen molar-refractivity contribution in [3.63, 3.8) is 0 Å². The third kappa shape index (κ3) is 6.38. The minimum atomic E-state index is -2.66. The van der Waals surface area contributed by atoms with E-state index in [0.29, 0.717) is 18.6 Å². The number of piperidine rings is 1. The maximum absolute atomic E-state index is 11.0. The molecule has 2 aromatic rings. The quantitative estimate of drug-likeness (QED) is 0.213. The molecule has 5 rings (SSSR count). The van der Waals surface area contributed by atoms with Gasteiger partial charge < -0.3 is 9.88 Å². The van der Waals surface area contributed by atoms with Crippen LogP contribution in [0.3, 0.4) is 0 Å². The number of hydrogen-bond donors (Lipinski definition) is 4. The number of rotatable bonds is 10. The minimum Gasteiger partial charge on any atom is -0.326 e. The Hall–Kier alpha value is -1.52. The molecular weight excluding hydrogens is 484 g/mol. The Balaban J connectivity index is 1.42. The summed E-state index contributed by atoms with van der Waals surface area (Å²) in [5.74, 6) is 2.45. The number of nitrogens with one attached hydrogen (secondary N) is 3. The summed E-state index contributed by atoms with van der Waals surface area (Å²) in [6, 6.07) is 5.27. The fraction of sp³-hybridized carbons (Fsp3) is 0.750. The molecule has 2 atom stereocenters. The van der Waals surface area contributed by atoms with Gasteiger partial charge in [-0.15, -0.1) is 0 Å². The SMILES string of the molecule is CC(C)C1CCC(C2CC(n3c(CCNN[SH](=O)=O)c(CN4CCCC4)c4cccnc43)CCN2)CC1. The van der Waals surface area contributed by atoms with Crippen molar-refractivity contribution in [2.24, 2.45) is 17.8 Å². The Labute approximate surface area is 224 Å². The molecule has 0 bridgehead atoms. The van der Waals surface area contributed by atoms with E-state index >= 15 is 0 Å². The summed E-state index contributed by atoms with van der Waals surface area (Å²) in [6.07, 6.45) is 12.9. The smallest absolute Gasteiger partial charge is 0.214 e. The monoisotopic (exact) mass is 530 g/mol. The first-order valence-electron chi connectivity index (χ1n) is 14.6. The van der Waals surface area contributed by atoms with Gasteiger partial charge in [-0.25, -0.2) is 18.8 Å². The number of nitrogens with zero attached hydrogens (tertiary/aromatic N) is 3. The van der Waals surface area contributed by atoms with Crippen LogP contribution < -0.4 is 15.6 Å². The molecule has 1 saturated carbocycles. The molecule has 37 heavy (non-hydrogen) atoms. The zero-order chi connectivity index (χ0) is 25.8. The van der Waals surface area contributed by atoms with Crippen LogP contribution in [0, 0.1) is 17.8 Å². The predicted octanol–water partition coefficient (Wildman–Crippen LogP) is 3.55. The highest BCUT2D eigenvalue weighted by molar-refractivity contribution is 7.70. The van der Waals surface area contributed by atoms with Crippen molar-refractivity contribution in [2.75, 3.05) is 26.2 Å². The van der Waals surface area contributed by atoms with Crippen molar-refractivity contribution in [3.05, 3.63) is 29.6 Å². The van der Waals surface area contributed by atoms with Gasteiger partial charge in [0.15, 0.2) is 0 Å². The van der Waals surface area contributed by atoms with Crippen LogP contribution in [-0.4, -0.2) is 55.1 Å². The summed E-state index contributed by atoms with van der Waals surface area (Å²) >= 11 is 0. The summed E-state index contributed by atoms with van der Waals surface area (Å²) in [7, 11) is -2.66. The second-order valence-electron chi connectivity index (χ2n) is 11.9. The van der Waals surface area contributed by atoms with Gasteiger partial charge in [-0.2, -0.15) is 4.83 Å². The van der Waals surface area contributed by atoms with Crippen molar-refractivity contribution < 1.29 is 8.42 Å². The molecule has 0 radical (unpaired) electrons. The highest BCUT2D eigenvalue weighted by Crippen LogP contribution is 2.40. The Morgan fingerprint density at radius 1 is 1.14 bits per heavy atom. The van der Waals surface area contributed by atoms with Gasteiger partial charge in [-0.1, -0.05) is 13.8 Å². The van der Waals surface area contributed by atoms with Gasteiger partial charge in [-0.05, 0) is 106 Å². The van der Waals surface area contributed by atoms with Crippen LogP contribution in [0.2, 0.25) is 0 Å². The topological polar surface area (TPSA) is 91.3 Å². The van der Waals surface area contributed by atoms with Crippen LogP contribution in [0.5, 0.6) is 0 Å². The predicted molar refractivity (Wildman–Crippen MR) is 150 cm³/mol. The molecule has 3 N–H and O–H groups in total. The fourth-order valence-corrected chi connectivity index (χ4v) is 7.54. The van der Waals surface area contributed by atoms with Crippen LogP contribution in [-0.2, 0) is 23.9 Å². The van der Waals surface area contributed by atoms with E-state index in [-0.39, 0.29) is 0 Å². The van der Waals surface area contributed by atoms with E-state index in [0.717, 1.165) is 68.8 Å². The third-order valence-electron chi connectivity index (χ3n) is 9.32. The van der Waals surface area contributed by atoms with Gasteiger partial charge in [0, 0.05) is 48.9 Å². The molecule has 0 amide bonds. The number of pyridine rings is 1. The lowest BCUT2D eigenvalue weighted by atomic mass is 9.73. The van der Waals surface area contributed by atoms with Crippen molar-refractivity contribution in [3.8, 4) is 0 Å². The molecule has 2 aliphatic heterocycles. The van der Waals surface area contributed by atoms with Crippen LogP contribution in [0.15, 0.2) is 18.3 Å². The molecule has 2 aromatic heterocycles. The van der Waals surface area contributed by atoms with Crippen LogP contribution in [0.4, 0.5) is 0 Å². The summed E-state index contributed by atoms with van der Waals surface area (Å²) in [5.41, 5.74) is 6.70. The van der Waals surface area contributed by atoms with Gasteiger partial charge in [0.25, 0.3) is 0 Å². The maximum atomic E-state index is 11.0. The summed E-state index contributed by atoms with van der Waals surface area (Å²) in [4.78, 5) is 9.85. The van der Waals surface area contributed by atoms with Gasteiger partial charge in [0.2, 0.25) is 10.9 Å². The highest BCUT2D eigenvalue weighted by atomic mass is 32.2. The molecule has 8 nitrogen and oxygen atoms in total. The third-order valence-corrected chi connectivity index (χ3v) is 9.66. The standard InChI is InChI=1S/C28H46N6O2S/c1-20(2)21-7-9-22(10-8-21)26-18-23(11-14-29-26)34-27(12-15-31-32-37(35)36)25(19-33-16-3-4-17-33)24-6-5-13-30-28(24)34/h5-6,13,20-23,26,29,31,37H,3-4,7-12,14-19H2,1-2H3,(H,32,35,36). The van der Waals surface area contributed by atoms with E-state index < -0.39 is 10.9 Å². The molecule has 2 unspecified atom stereocenters.